The molecule has 2 aromatic carbocycles. The van der Waals surface area contributed by atoms with Gasteiger partial charge in [-0.15, -0.1) is 0 Å². The molecule has 5 nitrogen and oxygen atoms in total. The van der Waals surface area contributed by atoms with Gasteiger partial charge in [0.05, 0.1) is 17.2 Å². The summed E-state index contributed by atoms with van der Waals surface area (Å²) in [6.07, 6.45) is 6.37. The molecule has 7 heteroatoms. The van der Waals surface area contributed by atoms with Crippen LogP contribution in [0.4, 0.5) is 5.69 Å². The fourth-order valence-electron chi connectivity index (χ4n) is 2.98. The molecule has 0 unspecified atom stereocenters. The third-order valence-electron chi connectivity index (χ3n) is 4.46. The molecule has 1 N–H and O–H groups in total. The number of nitrogens with one attached hydrogen (secondary N) is 1. The first-order valence-electron chi connectivity index (χ1n) is 10.1. The van der Waals surface area contributed by atoms with Crippen molar-refractivity contribution >= 4 is 51.9 Å². The molecule has 0 spiro atoms. The van der Waals surface area contributed by atoms with E-state index in [0.717, 1.165) is 5.56 Å². The highest BCUT2D eigenvalue weighted by Gasteiger charge is 2.31. The molecule has 3 rings (SSSR count). The highest BCUT2D eigenvalue weighted by Crippen LogP contribution is 2.31. The van der Waals surface area contributed by atoms with Gasteiger partial charge in [-0.05, 0) is 37.1 Å². The summed E-state index contributed by atoms with van der Waals surface area (Å²) >= 11 is 6.64. The van der Waals surface area contributed by atoms with E-state index in [9.17, 15) is 9.59 Å². The first-order valence-corrected chi connectivity index (χ1v) is 11.3. The molecule has 0 aromatic heterocycles. The molecule has 2 amide bonds. The van der Waals surface area contributed by atoms with Crippen molar-refractivity contribution in [2.24, 2.45) is 0 Å². The lowest BCUT2D eigenvalue weighted by Crippen LogP contribution is -2.29. The number of rotatable bonds is 9. The normalized spacial score (nSPS) is 15.1. The van der Waals surface area contributed by atoms with E-state index in [2.05, 4.69) is 5.32 Å². The van der Waals surface area contributed by atoms with E-state index >= 15 is 0 Å². The van der Waals surface area contributed by atoms with Gasteiger partial charge in [0.2, 0.25) is 5.91 Å². The van der Waals surface area contributed by atoms with Crippen molar-refractivity contribution in [2.75, 3.05) is 18.5 Å². The van der Waals surface area contributed by atoms with E-state index in [0.29, 0.717) is 40.2 Å². The molecule has 1 aliphatic rings. The van der Waals surface area contributed by atoms with Gasteiger partial charge in [-0.2, -0.15) is 0 Å². The van der Waals surface area contributed by atoms with Gasteiger partial charge in [-0.1, -0.05) is 78.6 Å². The number of benzene rings is 2. The summed E-state index contributed by atoms with van der Waals surface area (Å²) in [4.78, 5) is 27.1. The summed E-state index contributed by atoms with van der Waals surface area (Å²) in [5.41, 5.74) is 1.71. The number of hydrogen-bond donors (Lipinski definition) is 1. The molecule has 0 atom stereocenters. The summed E-state index contributed by atoms with van der Waals surface area (Å²) in [5.74, 6) is 0.401. The van der Waals surface area contributed by atoms with E-state index in [4.69, 9.17) is 17.0 Å². The average Bonchev–Trinajstić information content (AvgIpc) is 3.03. The second-order valence-corrected chi connectivity index (χ2v) is 8.38. The third-order valence-corrected chi connectivity index (χ3v) is 5.85. The highest BCUT2D eigenvalue weighted by molar-refractivity contribution is 8.26. The standard InChI is InChI=1S/C24H24N2O3S2/c1-2-29-20-14-7-6-13-19(20)25-22(27)16-9-17-26-23(28)21(31-24(26)30)15-8-12-18-10-4-3-5-11-18/h3-8,10-15H,2,9,16-17H2,1H3,(H,25,27). The van der Waals surface area contributed by atoms with Crippen LogP contribution in [-0.4, -0.2) is 34.2 Å². The number of nitrogens with zero attached hydrogens (tertiary/aromatic N) is 1. The Balaban J connectivity index is 1.50. The van der Waals surface area contributed by atoms with Gasteiger partial charge in [0, 0.05) is 13.0 Å². The molecule has 0 saturated carbocycles. The monoisotopic (exact) mass is 452 g/mol. The largest absolute Gasteiger partial charge is 0.492 e. The molecular weight excluding hydrogens is 428 g/mol. The second kappa shape index (κ2) is 11.5. The number of carbonyl (C=O) groups excluding carboxylic acids is 2. The van der Waals surface area contributed by atoms with Crippen molar-refractivity contribution in [3.05, 3.63) is 77.2 Å². The maximum Gasteiger partial charge on any atom is 0.266 e. The Morgan fingerprint density at radius 3 is 2.68 bits per heavy atom. The van der Waals surface area contributed by atoms with Crippen LogP contribution in [-0.2, 0) is 9.59 Å². The SMILES string of the molecule is CCOc1ccccc1NC(=O)CCCN1C(=O)C(=CC=Cc2ccccc2)SC1=S. The van der Waals surface area contributed by atoms with E-state index in [1.54, 1.807) is 17.0 Å². The van der Waals surface area contributed by atoms with Crippen LogP contribution in [0, 0.1) is 0 Å². The molecule has 0 aliphatic carbocycles. The Labute approximate surface area is 192 Å². The molecule has 0 bridgehead atoms. The van der Waals surface area contributed by atoms with Crippen molar-refractivity contribution in [3.8, 4) is 5.75 Å². The van der Waals surface area contributed by atoms with E-state index < -0.39 is 0 Å². The van der Waals surface area contributed by atoms with E-state index in [-0.39, 0.29) is 18.2 Å². The molecule has 2 aromatic rings. The Bertz CT molecular complexity index is 1000. The maximum absolute atomic E-state index is 12.6. The Kier molecular flexibility index (Phi) is 8.44. The fraction of sp³-hybridized carbons (Fsp3) is 0.208. The van der Waals surface area contributed by atoms with Crippen LogP contribution < -0.4 is 10.1 Å². The lowest BCUT2D eigenvalue weighted by Gasteiger charge is -2.14. The number of hydrogen-bond acceptors (Lipinski definition) is 5. The maximum atomic E-state index is 12.6. The Hall–Kier alpha value is -2.90. The first-order chi connectivity index (χ1) is 15.1. The number of allylic oxidation sites excluding steroid dienone is 2. The topological polar surface area (TPSA) is 58.6 Å². The number of anilines is 1. The van der Waals surface area contributed by atoms with Crippen molar-refractivity contribution in [1.29, 1.82) is 0 Å². The number of thioether (sulfide) groups is 1. The molecule has 1 aliphatic heterocycles. The zero-order valence-corrected chi connectivity index (χ0v) is 18.9. The van der Waals surface area contributed by atoms with Gasteiger partial charge in [0.1, 0.15) is 10.1 Å². The van der Waals surface area contributed by atoms with Crippen LogP contribution in [0.3, 0.4) is 0 Å². The van der Waals surface area contributed by atoms with Crippen molar-refractivity contribution < 1.29 is 14.3 Å². The fourth-order valence-corrected chi connectivity index (χ4v) is 4.24. The predicted molar refractivity (Wildman–Crippen MR) is 131 cm³/mol. The number of para-hydroxylation sites is 2. The van der Waals surface area contributed by atoms with Crippen LogP contribution in [0.5, 0.6) is 5.75 Å². The van der Waals surface area contributed by atoms with E-state index in [1.807, 2.05) is 67.6 Å². The highest BCUT2D eigenvalue weighted by atomic mass is 32.2. The Morgan fingerprint density at radius 2 is 1.90 bits per heavy atom. The van der Waals surface area contributed by atoms with Crippen LogP contribution >= 0.6 is 24.0 Å². The van der Waals surface area contributed by atoms with Gasteiger partial charge in [-0.25, -0.2) is 0 Å². The lowest BCUT2D eigenvalue weighted by molar-refractivity contribution is -0.122. The quantitative estimate of drug-likeness (QED) is 0.415. The molecule has 31 heavy (non-hydrogen) atoms. The second-order valence-electron chi connectivity index (χ2n) is 6.71. The van der Waals surface area contributed by atoms with Crippen LogP contribution in [0.2, 0.25) is 0 Å². The van der Waals surface area contributed by atoms with Crippen LogP contribution in [0.15, 0.2) is 71.7 Å². The van der Waals surface area contributed by atoms with Crippen molar-refractivity contribution in [1.82, 2.24) is 4.90 Å². The third kappa shape index (κ3) is 6.54. The zero-order chi connectivity index (χ0) is 22.1. The number of ether oxygens (including phenoxy) is 1. The van der Waals surface area contributed by atoms with Gasteiger partial charge in [-0.3, -0.25) is 14.5 Å². The zero-order valence-electron chi connectivity index (χ0n) is 17.2. The minimum absolute atomic E-state index is 0.116. The van der Waals surface area contributed by atoms with Gasteiger partial charge in [0.25, 0.3) is 5.91 Å². The minimum atomic E-state index is -0.126. The van der Waals surface area contributed by atoms with Gasteiger partial charge in [0.15, 0.2) is 0 Å². The molecule has 1 saturated heterocycles. The predicted octanol–water partition coefficient (Wildman–Crippen LogP) is 5.26. The summed E-state index contributed by atoms with van der Waals surface area (Å²) < 4.78 is 6.04. The van der Waals surface area contributed by atoms with Crippen LogP contribution in [0.25, 0.3) is 6.08 Å². The molecule has 1 heterocycles. The smallest absolute Gasteiger partial charge is 0.266 e. The summed E-state index contributed by atoms with van der Waals surface area (Å²) in [6, 6.07) is 17.2. The van der Waals surface area contributed by atoms with Gasteiger partial charge < -0.3 is 10.1 Å². The summed E-state index contributed by atoms with van der Waals surface area (Å²) in [5, 5.41) is 2.87. The molecule has 160 valence electrons. The molecule has 1 fully saturated rings. The summed E-state index contributed by atoms with van der Waals surface area (Å²) in [6.45, 7) is 2.83. The van der Waals surface area contributed by atoms with Crippen molar-refractivity contribution in [2.45, 2.75) is 19.8 Å². The van der Waals surface area contributed by atoms with Crippen molar-refractivity contribution in [3.63, 3.8) is 0 Å². The number of amides is 2. The summed E-state index contributed by atoms with van der Waals surface area (Å²) in [7, 11) is 0. The minimum Gasteiger partial charge on any atom is -0.492 e. The van der Waals surface area contributed by atoms with E-state index in [1.165, 1.54) is 11.8 Å². The Morgan fingerprint density at radius 1 is 1.16 bits per heavy atom. The number of carbonyl (C=O) groups is 2. The molecule has 0 radical (unpaired) electrons. The van der Waals surface area contributed by atoms with Gasteiger partial charge >= 0.3 is 0 Å². The first kappa shape index (κ1) is 22.8. The van der Waals surface area contributed by atoms with Crippen LogP contribution in [0.1, 0.15) is 25.3 Å². The molecular formula is C24H24N2O3S2. The lowest BCUT2D eigenvalue weighted by atomic mass is 10.2. The number of thiocarbonyl (C=S) groups is 1. The average molecular weight is 453 g/mol.